The van der Waals surface area contributed by atoms with Crippen molar-refractivity contribution in [2.24, 2.45) is 23.7 Å². The Morgan fingerprint density at radius 1 is 0.938 bits per heavy atom. The fourth-order valence-electron chi connectivity index (χ4n) is 9.15. The predicted octanol–water partition coefficient (Wildman–Crippen LogP) is 10.6. The van der Waals surface area contributed by atoms with Crippen LogP contribution in [-0.2, 0) is 0 Å². The van der Waals surface area contributed by atoms with Gasteiger partial charge in [0, 0.05) is 35.2 Å². The number of fused-ring (bicyclic) bond motifs is 3. The second kappa shape index (κ2) is 12.9. The highest BCUT2D eigenvalue weighted by Crippen LogP contribution is 2.47. The molecule has 3 aromatic rings. The van der Waals surface area contributed by atoms with Crippen LogP contribution in [0.1, 0.15) is 69.9 Å². The molecule has 4 aliphatic carbocycles. The van der Waals surface area contributed by atoms with Gasteiger partial charge in [0.05, 0.1) is 0 Å². The zero-order valence-electron chi connectivity index (χ0n) is 29.0. The average Bonchev–Trinajstić information content (AvgIpc) is 3.29. The van der Waals surface area contributed by atoms with E-state index in [1.165, 1.54) is 91.7 Å². The summed E-state index contributed by atoms with van der Waals surface area (Å²) in [5.74, 6) is 1.86. The van der Waals surface area contributed by atoms with Crippen LogP contribution in [0, 0.1) is 30.6 Å². The maximum absolute atomic E-state index is 4.02. The zero-order chi connectivity index (χ0) is 32.8. The van der Waals surface area contributed by atoms with E-state index in [1.54, 1.807) is 5.57 Å². The SMILES string of the molecule is C=CCCC(C)C1CN(c2ccc(C3=c4cc(C)ccc4=C(C4=CCCC=C4)C4=CC(C)C=CC43)c3ccccc23)C2=C1CCCC=C2. The number of allylic oxidation sites excluding steroid dienone is 11. The Labute approximate surface area is 287 Å². The zero-order valence-corrected chi connectivity index (χ0v) is 29.0. The summed E-state index contributed by atoms with van der Waals surface area (Å²) in [6.07, 6.45) is 29.7. The summed E-state index contributed by atoms with van der Waals surface area (Å²) >= 11 is 0. The van der Waals surface area contributed by atoms with Gasteiger partial charge in [0.1, 0.15) is 0 Å². The van der Waals surface area contributed by atoms with Crippen molar-refractivity contribution >= 4 is 27.6 Å². The molecule has 1 heterocycles. The van der Waals surface area contributed by atoms with E-state index in [2.05, 4.69) is 142 Å². The van der Waals surface area contributed by atoms with Crippen molar-refractivity contribution in [1.82, 2.24) is 0 Å². The average molecular weight is 628 g/mol. The number of benzene rings is 3. The molecule has 0 fully saturated rings. The van der Waals surface area contributed by atoms with Crippen molar-refractivity contribution < 1.29 is 0 Å². The minimum Gasteiger partial charge on any atom is -0.340 e. The molecule has 0 spiro atoms. The van der Waals surface area contributed by atoms with Gasteiger partial charge in [-0.25, -0.2) is 0 Å². The normalized spacial score (nSPS) is 23.8. The Hall–Kier alpha value is -4.36. The van der Waals surface area contributed by atoms with Gasteiger partial charge in [-0.2, -0.15) is 0 Å². The molecule has 5 aliphatic rings. The largest absolute Gasteiger partial charge is 0.340 e. The smallest absolute Gasteiger partial charge is 0.0491 e. The van der Waals surface area contributed by atoms with Crippen molar-refractivity contribution in [2.45, 2.75) is 65.7 Å². The van der Waals surface area contributed by atoms with Crippen LogP contribution in [0.3, 0.4) is 0 Å². The van der Waals surface area contributed by atoms with Crippen molar-refractivity contribution in [3.63, 3.8) is 0 Å². The molecule has 0 N–H and O–H groups in total. The van der Waals surface area contributed by atoms with E-state index < -0.39 is 0 Å². The lowest BCUT2D eigenvalue weighted by Crippen LogP contribution is -2.38. The molecule has 0 saturated carbocycles. The first-order valence-electron chi connectivity index (χ1n) is 18.5. The highest BCUT2D eigenvalue weighted by atomic mass is 15.2. The minimum atomic E-state index is 0.219. The summed E-state index contributed by atoms with van der Waals surface area (Å²) < 4.78 is 0. The van der Waals surface area contributed by atoms with Crippen LogP contribution in [0.2, 0.25) is 0 Å². The van der Waals surface area contributed by atoms with Gasteiger partial charge in [0.25, 0.3) is 0 Å². The van der Waals surface area contributed by atoms with Crippen LogP contribution < -0.4 is 15.3 Å². The molecule has 0 radical (unpaired) electrons. The van der Waals surface area contributed by atoms with Crippen LogP contribution in [0.25, 0.3) is 21.9 Å². The molecular formula is C47H49N. The fraction of sp³-hybridized carbons (Fsp3) is 0.319. The van der Waals surface area contributed by atoms with Crippen LogP contribution in [-0.4, -0.2) is 6.54 Å². The minimum absolute atomic E-state index is 0.219. The van der Waals surface area contributed by atoms with E-state index in [1.807, 2.05) is 0 Å². The number of hydrogen-bond acceptors (Lipinski definition) is 1. The van der Waals surface area contributed by atoms with E-state index in [-0.39, 0.29) is 5.92 Å². The van der Waals surface area contributed by atoms with Gasteiger partial charge in [-0.05, 0) is 125 Å². The lowest BCUT2D eigenvalue weighted by Gasteiger charge is -2.33. The van der Waals surface area contributed by atoms with Gasteiger partial charge in [-0.15, -0.1) is 6.58 Å². The molecular weight excluding hydrogens is 579 g/mol. The first-order chi connectivity index (χ1) is 23.5. The molecule has 4 unspecified atom stereocenters. The van der Waals surface area contributed by atoms with E-state index >= 15 is 0 Å². The van der Waals surface area contributed by atoms with Gasteiger partial charge >= 0.3 is 0 Å². The van der Waals surface area contributed by atoms with Crippen LogP contribution in [0.4, 0.5) is 5.69 Å². The number of aryl methyl sites for hydroxylation is 1. The Morgan fingerprint density at radius 2 is 1.79 bits per heavy atom. The summed E-state index contributed by atoms with van der Waals surface area (Å²) in [6, 6.07) is 21.3. The van der Waals surface area contributed by atoms with Gasteiger partial charge in [-0.1, -0.05) is 117 Å². The molecule has 1 aliphatic heterocycles. The standard InChI is InChI=1S/C47H49N/c1-5-6-15-33(4)43-30-48(44-21-12-8-11-19-37(43)44)45-27-26-38(35-18-13-14-20-36(35)45)47-40-25-23-31(2)28-41(40)46(34-16-9-7-10-17-34)39-24-22-32(3)29-42(39)47/h5,9,12-14,16-18,20-29,31,33,40,43H,1,6-8,10-11,15,19,30H2,2-4H3. The van der Waals surface area contributed by atoms with E-state index in [4.69, 9.17) is 0 Å². The summed E-state index contributed by atoms with van der Waals surface area (Å²) in [4.78, 5) is 2.67. The van der Waals surface area contributed by atoms with Crippen LogP contribution in [0.15, 0.2) is 138 Å². The van der Waals surface area contributed by atoms with E-state index in [0.29, 0.717) is 17.8 Å². The third-order valence-corrected chi connectivity index (χ3v) is 11.5. The summed E-state index contributed by atoms with van der Waals surface area (Å²) in [5.41, 5.74) is 12.9. The molecule has 0 saturated heterocycles. The second-order valence-electron chi connectivity index (χ2n) is 14.8. The third-order valence-electron chi connectivity index (χ3n) is 11.5. The predicted molar refractivity (Wildman–Crippen MR) is 206 cm³/mol. The first-order valence-corrected chi connectivity index (χ1v) is 18.5. The third kappa shape index (κ3) is 5.33. The number of hydrogen-bond donors (Lipinski definition) is 0. The fourth-order valence-corrected chi connectivity index (χ4v) is 9.15. The number of anilines is 1. The maximum atomic E-state index is 4.02. The summed E-state index contributed by atoms with van der Waals surface area (Å²) in [6.45, 7) is 12.1. The van der Waals surface area contributed by atoms with Gasteiger partial charge in [-0.3, -0.25) is 0 Å². The van der Waals surface area contributed by atoms with Gasteiger partial charge in [0.15, 0.2) is 0 Å². The second-order valence-corrected chi connectivity index (χ2v) is 14.8. The highest BCUT2D eigenvalue weighted by molar-refractivity contribution is 6.04. The summed E-state index contributed by atoms with van der Waals surface area (Å²) in [5, 5.41) is 5.47. The first kappa shape index (κ1) is 30.9. The number of nitrogens with zero attached hydrogens (tertiary/aromatic N) is 1. The highest BCUT2D eigenvalue weighted by Gasteiger charge is 2.36. The summed E-state index contributed by atoms with van der Waals surface area (Å²) in [7, 11) is 0. The van der Waals surface area contributed by atoms with E-state index in [0.717, 1.165) is 25.8 Å². The molecule has 4 atom stereocenters. The Balaban J connectivity index is 1.35. The van der Waals surface area contributed by atoms with Crippen molar-refractivity contribution in [3.05, 3.63) is 160 Å². The Kier molecular flexibility index (Phi) is 8.33. The van der Waals surface area contributed by atoms with Gasteiger partial charge < -0.3 is 4.90 Å². The van der Waals surface area contributed by atoms with Crippen molar-refractivity contribution in [1.29, 1.82) is 0 Å². The lowest BCUT2D eigenvalue weighted by molar-refractivity contribution is 0.397. The Morgan fingerprint density at radius 3 is 2.62 bits per heavy atom. The molecule has 0 aromatic heterocycles. The molecule has 1 heteroatoms. The molecule has 242 valence electrons. The topological polar surface area (TPSA) is 3.24 Å². The molecule has 0 bridgehead atoms. The van der Waals surface area contributed by atoms with Crippen LogP contribution >= 0.6 is 0 Å². The van der Waals surface area contributed by atoms with Crippen molar-refractivity contribution in [3.8, 4) is 0 Å². The molecule has 48 heavy (non-hydrogen) atoms. The maximum Gasteiger partial charge on any atom is 0.0491 e. The lowest BCUT2D eigenvalue weighted by atomic mass is 9.71. The monoisotopic (exact) mass is 627 g/mol. The number of rotatable bonds is 7. The van der Waals surface area contributed by atoms with Gasteiger partial charge in [0.2, 0.25) is 0 Å². The molecule has 3 aromatic carbocycles. The van der Waals surface area contributed by atoms with E-state index in [9.17, 15) is 0 Å². The Bertz CT molecular complexity index is 2110. The molecule has 8 rings (SSSR count). The molecule has 1 nitrogen and oxygen atoms in total. The van der Waals surface area contributed by atoms with Crippen molar-refractivity contribution in [2.75, 3.05) is 11.4 Å². The van der Waals surface area contributed by atoms with Crippen LogP contribution in [0.5, 0.6) is 0 Å². The quantitative estimate of drug-likeness (QED) is 0.236. The molecule has 0 amide bonds.